The number of halogens is 1. The number of thiophene rings is 1. The zero-order valence-electron chi connectivity index (χ0n) is 10.3. The molecule has 2 heterocycles. The predicted molar refractivity (Wildman–Crippen MR) is 81.5 cm³/mol. The van der Waals surface area contributed by atoms with Crippen molar-refractivity contribution in [3.8, 4) is 0 Å². The van der Waals surface area contributed by atoms with Gasteiger partial charge in [-0.15, -0.1) is 11.3 Å². The summed E-state index contributed by atoms with van der Waals surface area (Å²) in [5.74, 6) is 0. The molecule has 0 unspecified atom stereocenters. The standard InChI is InChI=1S/C12H15BrN2OS2/c1-3-10-11(6-16)18-12(14-10)15(2)5-9-4-8(13)7-17-9/h4,7,16H,3,5-6H2,1-2H3. The summed E-state index contributed by atoms with van der Waals surface area (Å²) in [6, 6.07) is 2.13. The molecule has 0 fully saturated rings. The molecule has 0 bridgehead atoms. The van der Waals surface area contributed by atoms with E-state index in [0.29, 0.717) is 0 Å². The van der Waals surface area contributed by atoms with Crippen molar-refractivity contribution in [2.24, 2.45) is 0 Å². The van der Waals surface area contributed by atoms with Gasteiger partial charge in [-0.3, -0.25) is 0 Å². The van der Waals surface area contributed by atoms with Crippen LogP contribution < -0.4 is 4.90 Å². The van der Waals surface area contributed by atoms with Crippen LogP contribution in [0.5, 0.6) is 0 Å². The highest BCUT2D eigenvalue weighted by atomic mass is 79.9. The van der Waals surface area contributed by atoms with Crippen LogP contribution in [0.1, 0.15) is 22.4 Å². The second-order valence-corrected chi connectivity index (χ2v) is 6.94. The number of thiazole rings is 1. The summed E-state index contributed by atoms with van der Waals surface area (Å²) in [7, 11) is 2.03. The van der Waals surface area contributed by atoms with Gasteiger partial charge in [-0.25, -0.2) is 4.98 Å². The summed E-state index contributed by atoms with van der Waals surface area (Å²) in [6.45, 7) is 2.99. The number of rotatable bonds is 5. The predicted octanol–water partition coefficient (Wildman–Crippen LogP) is 3.66. The van der Waals surface area contributed by atoms with Gasteiger partial charge in [-0.05, 0) is 28.4 Å². The van der Waals surface area contributed by atoms with Crippen molar-refractivity contribution in [3.05, 3.63) is 31.4 Å². The minimum Gasteiger partial charge on any atom is -0.391 e. The lowest BCUT2D eigenvalue weighted by atomic mass is 10.3. The third-order valence-electron chi connectivity index (χ3n) is 2.59. The Morgan fingerprint density at radius 3 is 2.78 bits per heavy atom. The largest absolute Gasteiger partial charge is 0.391 e. The molecule has 6 heteroatoms. The number of aromatic nitrogens is 1. The van der Waals surface area contributed by atoms with Gasteiger partial charge in [0.05, 0.1) is 23.7 Å². The third kappa shape index (κ3) is 3.12. The number of aryl methyl sites for hydroxylation is 1. The van der Waals surface area contributed by atoms with E-state index in [9.17, 15) is 5.11 Å². The van der Waals surface area contributed by atoms with E-state index in [0.717, 1.165) is 33.1 Å². The van der Waals surface area contributed by atoms with E-state index in [1.165, 1.54) is 4.88 Å². The normalized spacial score (nSPS) is 10.9. The first-order valence-corrected chi connectivity index (χ1v) is 8.16. The average molecular weight is 347 g/mol. The molecule has 18 heavy (non-hydrogen) atoms. The highest BCUT2D eigenvalue weighted by molar-refractivity contribution is 9.10. The Morgan fingerprint density at radius 1 is 1.50 bits per heavy atom. The lowest BCUT2D eigenvalue weighted by molar-refractivity contribution is 0.284. The van der Waals surface area contributed by atoms with Crippen LogP contribution in [-0.2, 0) is 19.6 Å². The van der Waals surface area contributed by atoms with Crippen LogP contribution in [-0.4, -0.2) is 17.1 Å². The Labute approximate surface area is 123 Å². The van der Waals surface area contributed by atoms with Gasteiger partial charge < -0.3 is 10.0 Å². The molecule has 0 aliphatic heterocycles. The Morgan fingerprint density at radius 2 is 2.28 bits per heavy atom. The molecule has 0 saturated heterocycles. The van der Waals surface area contributed by atoms with E-state index in [1.54, 1.807) is 22.7 Å². The zero-order chi connectivity index (χ0) is 13.1. The summed E-state index contributed by atoms with van der Waals surface area (Å²) in [5, 5.41) is 12.3. The van der Waals surface area contributed by atoms with Crippen LogP contribution >= 0.6 is 38.6 Å². The number of anilines is 1. The van der Waals surface area contributed by atoms with Crippen molar-refractivity contribution in [2.75, 3.05) is 11.9 Å². The van der Waals surface area contributed by atoms with Crippen LogP contribution in [0.3, 0.4) is 0 Å². The van der Waals surface area contributed by atoms with Crippen LogP contribution in [0.15, 0.2) is 15.9 Å². The third-order valence-corrected chi connectivity index (χ3v) is 5.47. The smallest absolute Gasteiger partial charge is 0.185 e. The number of aliphatic hydroxyl groups is 1. The molecule has 1 N–H and O–H groups in total. The number of hydrogen-bond acceptors (Lipinski definition) is 5. The molecule has 0 amide bonds. The lowest BCUT2D eigenvalue weighted by Gasteiger charge is -2.14. The van der Waals surface area contributed by atoms with E-state index in [1.807, 2.05) is 7.05 Å². The van der Waals surface area contributed by atoms with Crippen molar-refractivity contribution in [1.29, 1.82) is 0 Å². The maximum Gasteiger partial charge on any atom is 0.185 e. The van der Waals surface area contributed by atoms with Gasteiger partial charge in [-0.1, -0.05) is 18.3 Å². The van der Waals surface area contributed by atoms with Gasteiger partial charge in [0, 0.05) is 21.8 Å². The van der Waals surface area contributed by atoms with Crippen molar-refractivity contribution in [3.63, 3.8) is 0 Å². The van der Waals surface area contributed by atoms with Crippen LogP contribution in [0, 0.1) is 0 Å². The number of nitrogens with zero attached hydrogens (tertiary/aromatic N) is 2. The number of hydrogen-bond donors (Lipinski definition) is 1. The molecular weight excluding hydrogens is 332 g/mol. The molecule has 0 aliphatic carbocycles. The average Bonchev–Trinajstić information content (AvgIpc) is 2.95. The molecule has 0 aromatic carbocycles. The monoisotopic (exact) mass is 346 g/mol. The Balaban J connectivity index is 2.13. The lowest BCUT2D eigenvalue weighted by Crippen LogP contribution is -2.15. The molecule has 98 valence electrons. The minimum atomic E-state index is 0.0826. The van der Waals surface area contributed by atoms with E-state index >= 15 is 0 Å². The van der Waals surface area contributed by atoms with Crippen molar-refractivity contribution in [1.82, 2.24) is 4.98 Å². The zero-order valence-corrected chi connectivity index (χ0v) is 13.5. The molecule has 0 radical (unpaired) electrons. The maximum absolute atomic E-state index is 9.29. The first-order chi connectivity index (χ1) is 8.63. The van der Waals surface area contributed by atoms with Crippen molar-refractivity contribution < 1.29 is 5.11 Å². The fraction of sp³-hybridized carbons (Fsp3) is 0.417. The Hall–Kier alpha value is -0.430. The molecule has 2 aromatic rings. The Kier molecular flexibility index (Phi) is 4.77. The molecule has 0 aliphatic rings. The van der Waals surface area contributed by atoms with Gasteiger partial charge in [0.25, 0.3) is 0 Å². The SMILES string of the molecule is CCc1nc(N(C)Cc2cc(Br)cs2)sc1CO. The van der Waals surface area contributed by atoms with Crippen molar-refractivity contribution in [2.45, 2.75) is 26.5 Å². The molecule has 2 rings (SSSR count). The highest BCUT2D eigenvalue weighted by Gasteiger charge is 2.13. The fourth-order valence-electron chi connectivity index (χ4n) is 1.67. The first-order valence-electron chi connectivity index (χ1n) is 5.67. The summed E-state index contributed by atoms with van der Waals surface area (Å²) in [5.41, 5.74) is 1.01. The van der Waals surface area contributed by atoms with E-state index < -0.39 is 0 Å². The Bertz CT molecular complexity index is 502. The van der Waals surface area contributed by atoms with Gasteiger partial charge in [-0.2, -0.15) is 0 Å². The summed E-state index contributed by atoms with van der Waals surface area (Å²) in [4.78, 5) is 8.98. The van der Waals surface area contributed by atoms with E-state index in [4.69, 9.17) is 0 Å². The molecule has 3 nitrogen and oxygen atoms in total. The maximum atomic E-state index is 9.29. The van der Waals surface area contributed by atoms with E-state index in [2.05, 4.69) is 44.2 Å². The fourth-order valence-corrected chi connectivity index (χ4v) is 4.14. The minimum absolute atomic E-state index is 0.0826. The van der Waals surface area contributed by atoms with Crippen LogP contribution in [0.4, 0.5) is 5.13 Å². The molecule has 2 aromatic heterocycles. The van der Waals surface area contributed by atoms with Crippen LogP contribution in [0.25, 0.3) is 0 Å². The second-order valence-electron chi connectivity index (χ2n) is 3.97. The van der Waals surface area contributed by atoms with Gasteiger partial charge in [0.15, 0.2) is 5.13 Å². The molecular formula is C12H15BrN2OS2. The van der Waals surface area contributed by atoms with E-state index in [-0.39, 0.29) is 6.61 Å². The summed E-state index contributed by atoms with van der Waals surface area (Å²) in [6.07, 6.45) is 0.866. The van der Waals surface area contributed by atoms with Gasteiger partial charge >= 0.3 is 0 Å². The highest BCUT2D eigenvalue weighted by Crippen LogP contribution is 2.28. The summed E-state index contributed by atoms with van der Waals surface area (Å²) >= 11 is 6.77. The first kappa shape index (κ1) is 14.0. The van der Waals surface area contributed by atoms with Crippen LogP contribution in [0.2, 0.25) is 0 Å². The van der Waals surface area contributed by atoms with Gasteiger partial charge in [0.2, 0.25) is 0 Å². The molecule has 0 atom stereocenters. The topological polar surface area (TPSA) is 36.4 Å². The quantitative estimate of drug-likeness (QED) is 0.897. The number of aliphatic hydroxyl groups excluding tert-OH is 1. The second kappa shape index (κ2) is 6.14. The molecule has 0 spiro atoms. The summed E-state index contributed by atoms with van der Waals surface area (Å²) < 4.78 is 1.13. The molecule has 0 saturated carbocycles. The van der Waals surface area contributed by atoms with Crippen molar-refractivity contribution >= 4 is 43.7 Å². The van der Waals surface area contributed by atoms with Gasteiger partial charge in [0.1, 0.15) is 0 Å².